The first-order chi connectivity index (χ1) is 12.2. The minimum Gasteiger partial charge on any atom is -0.351 e. The van der Waals surface area contributed by atoms with Gasteiger partial charge < -0.3 is 5.32 Å². The molecule has 0 saturated heterocycles. The second-order valence-corrected chi connectivity index (χ2v) is 5.89. The van der Waals surface area contributed by atoms with Crippen LogP contribution in [0, 0.1) is 0 Å². The average molecular weight is 334 g/mol. The van der Waals surface area contributed by atoms with Crippen LogP contribution in [0.25, 0.3) is 16.6 Å². The van der Waals surface area contributed by atoms with E-state index in [4.69, 9.17) is 0 Å². The molecular weight excluding hydrogens is 316 g/mol. The van der Waals surface area contributed by atoms with Crippen LogP contribution in [0.4, 0.5) is 0 Å². The van der Waals surface area contributed by atoms with Gasteiger partial charge in [-0.3, -0.25) is 13.9 Å². The van der Waals surface area contributed by atoms with Gasteiger partial charge in [0.05, 0.1) is 5.52 Å². The number of fused-ring (bicyclic) bond motifs is 2. The molecule has 1 N–H and O–H groups in total. The largest absolute Gasteiger partial charge is 0.351 e. The first-order valence-electron chi connectivity index (χ1n) is 8.22. The highest BCUT2D eigenvalue weighted by atomic mass is 16.1. The summed E-state index contributed by atoms with van der Waals surface area (Å²) >= 11 is 0. The van der Waals surface area contributed by atoms with E-state index in [2.05, 4.69) is 20.6 Å². The zero-order valence-corrected chi connectivity index (χ0v) is 13.9. The van der Waals surface area contributed by atoms with Crippen LogP contribution in [0.5, 0.6) is 0 Å². The Morgan fingerprint density at radius 3 is 2.88 bits per heavy atom. The number of hydrogen-bond donors (Lipinski definition) is 1. The predicted molar refractivity (Wildman–Crippen MR) is 94.4 cm³/mol. The number of carbonyl (C=O) groups is 1. The number of rotatable bonds is 5. The Morgan fingerprint density at radius 2 is 1.96 bits per heavy atom. The molecule has 4 aromatic rings. The van der Waals surface area contributed by atoms with E-state index in [-0.39, 0.29) is 5.91 Å². The third kappa shape index (κ3) is 2.84. The van der Waals surface area contributed by atoms with Crippen molar-refractivity contribution in [3.63, 3.8) is 0 Å². The Hall–Kier alpha value is -3.22. The zero-order valence-electron chi connectivity index (χ0n) is 13.9. The molecule has 3 aromatic heterocycles. The normalized spacial score (nSPS) is 11.2. The van der Waals surface area contributed by atoms with Crippen LogP contribution in [-0.4, -0.2) is 36.8 Å². The van der Waals surface area contributed by atoms with Crippen LogP contribution < -0.4 is 5.32 Å². The van der Waals surface area contributed by atoms with Gasteiger partial charge in [0.2, 0.25) is 0 Å². The molecule has 0 radical (unpaired) electrons. The number of amides is 1. The van der Waals surface area contributed by atoms with Gasteiger partial charge in [0.1, 0.15) is 5.82 Å². The summed E-state index contributed by atoms with van der Waals surface area (Å²) in [6.45, 7) is 0.561. The van der Waals surface area contributed by atoms with Crippen molar-refractivity contribution in [3.8, 4) is 0 Å². The maximum absolute atomic E-state index is 12.4. The van der Waals surface area contributed by atoms with Crippen molar-refractivity contribution in [1.82, 2.24) is 29.7 Å². The molecule has 7 nitrogen and oxygen atoms in total. The van der Waals surface area contributed by atoms with E-state index in [1.54, 1.807) is 4.68 Å². The topological polar surface area (TPSA) is 77.1 Å². The molecular formula is C18H18N6O. The van der Waals surface area contributed by atoms with Crippen LogP contribution >= 0.6 is 0 Å². The number of nitrogens with zero attached hydrogens (tertiary/aromatic N) is 5. The Morgan fingerprint density at radius 1 is 1.12 bits per heavy atom. The van der Waals surface area contributed by atoms with Gasteiger partial charge in [-0.1, -0.05) is 24.3 Å². The molecule has 0 unspecified atom stereocenters. The summed E-state index contributed by atoms with van der Waals surface area (Å²) in [6, 6.07) is 13.5. The summed E-state index contributed by atoms with van der Waals surface area (Å²) in [6.07, 6.45) is 3.48. The number of nitrogens with one attached hydrogen (secondary N) is 1. The molecule has 0 aliphatic heterocycles. The van der Waals surface area contributed by atoms with Crippen molar-refractivity contribution >= 4 is 22.5 Å². The van der Waals surface area contributed by atoms with Crippen molar-refractivity contribution < 1.29 is 4.79 Å². The average Bonchev–Trinajstić information content (AvgIpc) is 3.21. The van der Waals surface area contributed by atoms with E-state index >= 15 is 0 Å². The summed E-state index contributed by atoms with van der Waals surface area (Å²) in [5.74, 6) is 0.746. The van der Waals surface area contributed by atoms with E-state index in [9.17, 15) is 4.79 Å². The number of hydrogen-bond acceptors (Lipinski definition) is 4. The van der Waals surface area contributed by atoms with Crippen LogP contribution in [-0.2, 0) is 13.5 Å². The quantitative estimate of drug-likeness (QED) is 0.566. The van der Waals surface area contributed by atoms with E-state index in [1.807, 2.05) is 60.1 Å². The molecule has 0 aliphatic carbocycles. The molecule has 4 rings (SSSR count). The van der Waals surface area contributed by atoms with Gasteiger partial charge in [0.25, 0.3) is 5.91 Å². The number of benzene rings is 1. The lowest BCUT2D eigenvalue weighted by atomic mass is 10.2. The lowest BCUT2D eigenvalue weighted by Gasteiger charge is -2.03. The Kier molecular flexibility index (Phi) is 3.89. The molecule has 0 aliphatic rings. The molecule has 0 fully saturated rings. The fourth-order valence-electron chi connectivity index (χ4n) is 2.98. The van der Waals surface area contributed by atoms with Crippen molar-refractivity contribution in [2.75, 3.05) is 6.54 Å². The van der Waals surface area contributed by atoms with Crippen LogP contribution in [0.15, 0.2) is 48.7 Å². The molecule has 0 saturated carbocycles. The lowest BCUT2D eigenvalue weighted by molar-refractivity contribution is 0.0949. The standard InChI is InChI=1S/C18H18N6O/c1-23-14-8-3-2-7-13(14)17(22-23)18(25)19-11-6-10-16-21-20-15-9-4-5-12-24(15)16/h2-5,7-9,12H,6,10-11H2,1H3,(H,19,25). The lowest BCUT2D eigenvalue weighted by Crippen LogP contribution is -2.25. The Labute approximate surface area is 144 Å². The number of aromatic nitrogens is 5. The fraction of sp³-hybridized carbons (Fsp3) is 0.222. The van der Waals surface area contributed by atoms with Crippen molar-refractivity contribution in [1.29, 1.82) is 0 Å². The van der Waals surface area contributed by atoms with Gasteiger partial charge in [0, 0.05) is 31.6 Å². The van der Waals surface area contributed by atoms with E-state index in [1.165, 1.54) is 0 Å². The molecule has 0 atom stereocenters. The maximum Gasteiger partial charge on any atom is 0.272 e. The van der Waals surface area contributed by atoms with Crippen LogP contribution in [0.1, 0.15) is 22.7 Å². The number of aryl methyl sites for hydroxylation is 2. The number of carbonyl (C=O) groups excluding carboxylic acids is 1. The smallest absolute Gasteiger partial charge is 0.272 e. The van der Waals surface area contributed by atoms with Crippen LogP contribution in [0.2, 0.25) is 0 Å². The highest BCUT2D eigenvalue weighted by Crippen LogP contribution is 2.17. The second kappa shape index (κ2) is 6.35. The Bertz CT molecular complexity index is 1050. The maximum atomic E-state index is 12.4. The minimum absolute atomic E-state index is 0.150. The summed E-state index contributed by atoms with van der Waals surface area (Å²) in [5.41, 5.74) is 2.25. The highest BCUT2D eigenvalue weighted by molar-refractivity contribution is 6.04. The molecule has 25 heavy (non-hydrogen) atoms. The van der Waals surface area contributed by atoms with E-state index in [0.29, 0.717) is 12.2 Å². The van der Waals surface area contributed by atoms with Gasteiger partial charge in [-0.15, -0.1) is 10.2 Å². The van der Waals surface area contributed by atoms with Gasteiger partial charge >= 0.3 is 0 Å². The van der Waals surface area contributed by atoms with Crippen molar-refractivity contribution in [3.05, 3.63) is 60.2 Å². The van der Waals surface area contributed by atoms with Gasteiger partial charge in [-0.25, -0.2) is 0 Å². The van der Waals surface area contributed by atoms with E-state index < -0.39 is 0 Å². The first-order valence-corrected chi connectivity index (χ1v) is 8.22. The fourth-order valence-corrected chi connectivity index (χ4v) is 2.98. The molecule has 126 valence electrons. The molecule has 7 heteroatoms. The third-order valence-corrected chi connectivity index (χ3v) is 4.22. The van der Waals surface area contributed by atoms with Gasteiger partial charge in [0.15, 0.2) is 11.3 Å². The van der Waals surface area contributed by atoms with Crippen molar-refractivity contribution in [2.45, 2.75) is 12.8 Å². The molecule has 3 heterocycles. The molecule has 0 spiro atoms. The second-order valence-electron chi connectivity index (χ2n) is 5.89. The van der Waals surface area contributed by atoms with Gasteiger partial charge in [-0.05, 0) is 24.6 Å². The van der Waals surface area contributed by atoms with E-state index in [0.717, 1.165) is 35.2 Å². The molecule has 1 aromatic carbocycles. The van der Waals surface area contributed by atoms with Gasteiger partial charge in [-0.2, -0.15) is 5.10 Å². The highest BCUT2D eigenvalue weighted by Gasteiger charge is 2.15. The monoisotopic (exact) mass is 334 g/mol. The SMILES string of the molecule is Cn1nc(C(=O)NCCCc2nnc3ccccn23)c2ccccc21. The third-order valence-electron chi connectivity index (χ3n) is 4.22. The predicted octanol–water partition coefficient (Wildman–Crippen LogP) is 1.98. The Balaban J connectivity index is 1.39. The first kappa shape index (κ1) is 15.3. The summed E-state index contributed by atoms with van der Waals surface area (Å²) in [4.78, 5) is 12.4. The summed E-state index contributed by atoms with van der Waals surface area (Å²) < 4.78 is 3.70. The molecule has 0 bridgehead atoms. The summed E-state index contributed by atoms with van der Waals surface area (Å²) in [7, 11) is 1.84. The van der Waals surface area contributed by atoms with Crippen molar-refractivity contribution in [2.24, 2.45) is 7.05 Å². The number of pyridine rings is 1. The minimum atomic E-state index is -0.150. The summed E-state index contributed by atoms with van der Waals surface area (Å²) in [5, 5.41) is 16.5. The molecule has 1 amide bonds. The zero-order chi connectivity index (χ0) is 17.2. The van der Waals surface area contributed by atoms with Crippen LogP contribution in [0.3, 0.4) is 0 Å². The number of para-hydroxylation sites is 1.